The van der Waals surface area contributed by atoms with Crippen LogP contribution in [0.3, 0.4) is 0 Å². The fourth-order valence-corrected chi connectivity index (χ4v) is 3.64. The highest BCUT2D eigenvalue weighted by atomic mass is 35.5. The van der Waals surface area contributed by atoms with Crippen molar-refractivity contribution in [3.8, 4) is 5.75 Å². The number of likely N-dealkylation sites (tertiary alicyclic amines) is 1. The number of hydrogen-bond donors (Lipinski definition) is 1. The summed E-state index contributed by atoms with van der Waals surface area (Å²) in [6.07, 6.45) is 1.46. The van der Waals surface area contributed by atoms with Crippen LogP contribution in [0.2, 0.25) is 5.02 Å². The first kappa shape index (κ1) is 21.1. The summed E-state index contributed by atoms with van der Waals surface area (Å²) in [6.45, 7) is 2.78. The average molecular weight is 419 g/mol. The highest BCUT2D eigenvalue weighted by Gasteiger charge is 2.29. The molecule has 2 aromatic rings. The molecule has 1 aliphatic rings. The number of ether oxygens (including phenoxy) is 1. The molecule has 2 atom stereocenters. The SMILES string of the molecule is COc1ccc([C@@H](C)NC(=O)[C@H]2CCCN(C(=O)c3ccc(Cl)cc3)C2)cc1F. The van der Waals surface area contributed by atoms with E-state index in [4.69, 9.17) is 16.3 Å². The van der Waals surface area contributed by atoms with Crippen LogP contribution in [0.1, 0.15) is 41.7 Å². The van der Waals surface area contributed by atoms with Crippen LogP contribution in [-0.4, -0.2) is 36.9 Å². The first-order valence-corrected chi connectivity index (χ1v) is 9.95. The first-order chi connectivity index (χ1) is 13.9. The topological polar surface area (TPSA) is 58.6 Å². The Morgan fingerprint density at radius 3 is 2.62 bits per heavy atom. The summed E-state index contributed by atoms with van der Waals surface area (Å²) in [7, 11) is 1.41. The summed E-state index contributed by atoms with van der Waals surface area (Å²) < 4.78 is 18.9. The zero-order chi connectivity index (χ0) is 21.0. The maximum Gasteiger partial charge on any atom is 0.253 e. The van der Waals surface area contributed by atoms with Gasteiger partial charge in [0.05, 0.1) is 19.1 Å². The van der Waals surface area contributed by atoms with E-state index in [-0.39, 0.29) is 29.5 Å². The molecule has 0 spiro atoms. The number of amides is 2. The van der Waals surface area contributed by atoms with Gasteiger partial charge in [-0.1, -0.05) is 17.7 Å². The molecule has 0 aromatic heterocycles. The highest BCUT2D eigenvalue weighted by molar-refractivity contribution is 6.30. The van der Waals surface area contributed by atoms with Crippen molar-refractivity contribution in [1.29, 1.82) is 0 Å². The van der Waals surface area contributed by atoms with Crippen molar-refractivity contribution < 1.29 is 18.7 Å². The molecule has 0 aliphatic carbocycles. The molecule has 3 rings (SSSR count). The van der Waals surface area contributed by atoms with E-state index in [0.717, 1.165) is 6.42 Å². The third kappa shape index (κ3) is 5.07. The number of methoxy groups -OCH3 is 1. The monoisotopic (exact) mass is 418 g/mol. The zero-order valence-corrected chi connectivity index (χ0v) is 17.2. The summed E-state index contributed by atoms with van der Waals surface area (Å²) in [5.74, 6) is -0.850. The second kappa shape index (κ2) is 9.27. The lowest BCUT2D eigenvalue weighted by Crippen LogP contribution is -2.45. The number of nitrogens with one attached hydrogen (secondary N) is 1. The lowest BCUT2D eigenvalue weighted by molar-refractivity contribution is -0.127. The van der Waals surface area contributed by atoms with Crippen LogP contribution in [0.15, 0.2) is 42.5 Å². The van der Waals surface area contributed by atoms with Crippen LogP contribution in [0, 0.1) is 11.7 Å². The fourth-order valence-electron chi connectivity index (χ4n) is 3.52. The number of piperidine rings is 1. The van der Waals surface area contributed by atoms with E-state index in [0.29, 0.717) is 35.7 Å². The molecular formula is C22H24ClFN2O3. The number of halogens is 2. The molecule has 7 heteroatoms. The Hall–Kier alpha value is -2.60. The molecule has 1 fully saturated rings. The summed E-state index contributed by atoms with van der Waals surface area (Å²) in [5, 5.41) is 3.51. The van der Waals surface area contributed by atoms with Gasteiger partial charge in [0.2, 0.25) is 5.91 Å². The van der Waals surface area contributed by atoms with Crippen molar-refractivity contribution in [1.82, 2.24) is 10.2 Å². The van der Waals surface area contributed by atoms with Crippen molar-refractivity contribution >= 4 is 23.4 Å². The molecular weight excluding hydrogens is 395 g/mol. The Labute approximate surface area is 174 Å². The number of nitrogens with zero attached hydrogens (tertiary/aromatic N) is 1. The Kier molecular flexibility index (Phi) is 6.75. The third-order valence-electron chi connectivity index (χ3n) is 5.21. The van der Waals surface area contributed by atoms with Gasteiger partial charge in [-0.15, -0.1) is 0 Å². The first-order valence-electron chi connectivity index (χ1n) is 9.57. The van der Waals surface area contributed by atoms with E-state index in [1.54, 1.807) is 48.2 Å². The smallest absolute Gasteiger partial charge is 0.253 e. The summed E-state index contributed by atoms with van der Waals surface area (Å²) in [4.78, 5) is 27.2. The molecule has 0 saturated carbocycles. The van der Waals surface area contributed by atoms with Gasteiger partial charge in [0, 0.05) is 23.7 Å². The maximum absolute atomic E-state index is 13.9. The van der Waals surface area contributed by atoms with Crippen LogP contribution in [0.5, 0.6) is 5.75 Å². The van der Waals surface area contributed by atoms with E-state index in [2.05, 4.69) is 5.32 Å². The molecule has 0 radical (unpaired) electrons. The largest absolute Gasteiger partial charge is 0.494 e. The lowest BCUT2D eigenvalue weighted by atomic mass is 9.95. The second-order valence-electron chi connectivity index (χ2n) is 7.22. The molecule has 1 saturated heterocycles. The number of carbonyl (C=O) groups is 2. The van der Waals surface area contributed by atoms with Crippen molar-refractivity contribution in [3.63, 3.8) is 0 Å². The van der Waals surface area contributed by atoms with Crippen LogP contribution in [-0.2, 0) is 4.79 Å². The Morgan fingerprint density at radius 1 is 1.24 bits per heavy atom. The molecule has 154 valence electrons. The van der Waals surface area contributed by atoms with Crippen molar-refractivity contribution in [2.75, 3.05) is 20.2 Å². The maximum atomic E-state index is 13.9. The molecule has 0 unspecified atom stereocenters. The normalized spacial score (nSPS) is 17.5. The Bertz CT molecular complexity index is 888. The number of benzene rings is 2. The van der Waals surface area contributed by atoms with Crippen LogP contribution < -0.4 is 10.1 Å². The number of carbonyl (C=O) groups excluding carboxylic acids is 2. The lowest BCUT2D eigenvalue weighted by Gasteiger charge is -2.32. The molecule has 1 aliphatic heterocycles. The molecule has 29 heavy (non-hydrogen) atoms. The average Bonchev–Trinajstić information content (AvgIpc) is 2.73. The second-order valence-corrected chi connectivity index (χ2v) is 7.66. The van der Waals surface area contributed by atoms with E-state index < -0.39 is 5.82 Å². The van der Waals surface area contributed by atoms with Gasteiger partial charge < -0.3 is 15.0 Å². The van der Waals surface area contributed by atoms with Crippen LogP contribution in [0.25, 0.3) is 0 Å². The molecule has 0 bridgehead atoms. The predicted octanol–water partition coefficient (Wildman–Crippen LogP) is 4.22. The van der Waals surface area contributed by atoms with Gasteiger partial charge in [-0.2, -0.15) is 0 Å². The van der Waals surface area contributed by atoms with Gasteiger partial charge in [-0.25, -0.2) is 4.39 Å². The number of rotatable bonds is 5. The summed E-state index contributed by atoms with van der Waals surface area (Å²) in [5.41, 5.74) is 1.21. The third-order valence-corrected chi connectivity index (χ3v) is 5.46. The van der Waals surface area contributed by atoms with E-state index >= 15 is 0 Å². The minimum Gasteiger partial charge on any atom is -0.494 e. The summed E-state index contributed by atoms with van der Waals surface area (Å²) >= 11 is 5.88. The van der Waals surface area contributed by atoms with Crippen molar-refractivity contribution in [2.24, 2.45) is 5.92 Å². The number of hydrogen-bond acceptors (Lipinski definition) is 3. The van der Waals surface area contributed by atoms with Gasteiger partial charge >= 0.3 is 0 Å². The molecule has 1 heterocycles. The summed E-state index contributed by atoms with van der Waals surface area (Å²) in [6, 6.07) is 11.0. The quantitative estimate of drug-likeness (QED) is 0.791. The zero-order valence-electron chi connectivity index (χ0n) is 16.5. The van der Waals surface area contributed by atoms with Crippen LogP contribution in [0.4, 0.5) is 4.39 Å². The van der Waals surface area contributed by atoms with Gasteiger partial charge in [0.25, 0.3) is 5.91 Å². The highest BCUT2D eigenvalue weighted by Crippen LogP contribution is 2.24. The Balaban J connectivity index is 1.62. The van der Waals surface area contributed by atoms with Crippen molar-refractivity contribution in [3.05, 3.63) is 64.4 Å². The molecule has 5 nitrogen and oxygen atoms in total. The molecule has 1 N–H and O–H groups in total. The Morgan fingerprint density at radius 2 is 1.97 bits per heavy atom. The predicted molar refractivity (Wildman–Crippen MR) is 110 cm³/mol. The van der Waals surface area contributed by atoms with E-state index in [9.17, 15) is 14.0 Å². The fraction of sp³-hybridized carbons (Fsp3) is 0.364. The molecule has 2 aromatic carbocycles. The van der Waals surface area contributed by atoms with E-state index in [1.807, 2.05) is 0 Å². The van der Waals surface area contributed by atoms with Gasteiger partial charge in [-0.3, -0.25) is 9.59 Å². The van der Waals surface area contributed by atoms with Gasteiger partial charge in [-0.05, 0) is 61.7 Å². The standard InChI is InChI=1S/C22H24ClFN2O3/c1-14(16-7-10-20(29-2)19(24)12-16)25-21(27)17-4-3-11-26(13-17)22(28)15-5-8-18(23)9-6-15/h5-10,12,14,17H,3-4,11,13H2,1-2H3,(H,25,27)/t14-,17+/m1/s1. The van der Waals surface area contributed by atoms with Crippen molar-refractivity contribution in [2.45, 2.75) is 25.8 Å². The minimum atomic E-state index is -0.469. The van der Waals surface area contributed by atoms with Crippen LogP contribution >= 0.6 is 11.6 Å². The van der Waals surface area contributed by atoms with Gasteiger partial charge in [0.15, 0.2) is 11.6 Å². The molecule has 2 amide bonds. The van der Waals surface area contributed by atoms with E-state index in [1.165, 1.54) is 13.2 Å². The van der Waals surface area contributed by atoms with Gasteiger partial charge in [0.1, 0.15) is 0 Å². The minimum absolute atomic E-state index is 0.107.